The summed E-state index contributed by atoms with van der Waals surface area (Å²) in [4.78, 5) is 22.6. The van der Waals surface area contributed by atoms with Gasteiger partial charge in [0.25, 0.3) is 0 Å². The third kappa shape index (κ3) is 4.30. The molecule has 0 spiro atoms. The van der Waals surface area contributed by atoms with Crippen molar-refractivity contribution < 1.29 is 14.5 Å². The first kappa shape index (κ1) is 17.0. The van der Waals surface area contributed by atoms with Crippen LogP contribution in [-0.4, -0.2) is 32.4 Å². The lowest BCUT2D eigenvalue weighted by molar-refractivity contribution is -0.385. The van der Waals surface area contributed by atoms with Crippen molar-refractivity contribution in [3.63, 3.8) is 0 Å². The molecule has 1 aromatic rings. The second-order valence-corrected chi connectivity index (χ2v) is 6.60. The molecule has 0 aromatic carbocycles. The minimum Gasteiger partial charge on any atom is -0.444 e. The number of rotatable bonds is 3. The summed E-state index contributed by atoms with van der Waals surface area (Å²) in [5.41, 5.74) is 0.734. The van der Waals surface area contributed by atoms with Crippen molar-refractivity contribution in [1.82, 2.24) is 15.1 Å². The summed E-state index contributed by atoms with van der Waals surface area (Å²) in [6, 6.07) is -0.205. The molecule has 1 atom stereocenters. The Labute approximate surface area is 134 Å². The molecule has 126 valence electrons. The highest BCUT2D eigenvalue weighted by Crippen LogP contribution is 2.32. The second kappa shape index (κ2) is 6.39. The Morgan fingerprint density at radius 1 is 1.52 bits per heavy atom. The van der Waals surface area contributed by atoms with Gasteiger partial charge in [-0.2, -0.15) is 5.10 Å². The molecular formula is C15H22N4O4. The summed E-state index contributed by atoms with van der Waals surface area (Å²) in [5.74, 6) is 0. The molecule has 1 unspecified atom stereocenters. The van der Waals surface area contributed by atoms with Crippen molar-refractivity contribution in [2.24, 2.45) is 7.05 Å². The van der Waals surface area contributed by atoms with Crippen molar-refractivity contribution in [1.29, 1.82) is 0 Å². The van der Waals surface area contributed by atoms with Gasteiger partial charge in [0.1, 0.15) is 17.5 Å². The minimum absolute atomic E-state index is 0.0170. The lowest BCUT2D eigenvalue weighted by atomic mass is 9.93. The molecule has 0 bridgehead atoms. The topological polar surface area (TPSA) is 99.3 Å². The summed E-state index contributed by atoms with van der Waals surface area (Å²) in [7, 11) is 1.67. The molecule has 8 nitrogen and oxygen atoms in total. The van der Waals surface area contributed by atoms with Gasteiger partial charge in [-0.1, -0.05) is 6.08 Å². The standard InChI is InChI=1S/C15H22N4O4/c1-15(2,3)23-14(20)17-11-7-5-6-10(8-11)13-12(19(21)22)9-16-18(13)4/h8-9,11H,5-7H2,1-4H3,(H,17,20). The van der Waals surface area contributed by atoms with Crippen LogP contribution in [-0.2, 0) is 11.8 Å². The molecule has 0 aliphatic heterocycles. The quantitative estimate of drug-likeness (QED) is 0.681. The van der Waals surface area contributed by atoms with E-state index in [4.69, 9.17) is 4.74 Å². The van der Waals surface area contributed by atoms with Crippen LogP contribution in [0.25, 0.3) is 5.57 Å². The molecule has 1 heterocycles. The predicted octanol–water partition coefficient (Wildman–Crippen LogP) is 2.79. The Bertz CT molecular complexity index is 642. The molecule has 0 saturated heterocycles. The summed E-state index contributed by atoms with van der Waals surface area (Å²) >= 11 is 0. The maximum absolute atomic E-state index is 11.9. The van der Waals surface area contributed by atoms with Crippen LogP contribution < -0.4 is 5.32 Å². The van der Waals surface area contributed by atoms with Gasteiger partial charge in [0.05, 0.1) is 11.0 Å². The predicted molar refractivity (Wildman–Crippen MR) is 84.8 cm³/mol. The van der Waals surface area contributed by atoms with E-state index in [-0.39, 0.29) is 11.7 Å². The fourth-order valence-electron chi connectivity index (χ4n) is 2.62. The summed E-state index contributed by atoms with van der Waals surface area (Å²) < 4.78 is 6.75. The van der Waals surface area contributed by atoms with Crippen molar-refractivity contribution in [3.8, 4) is 0 Å². The normalized spacial score (nSPS) is 18.3. The van der Waals surface area contributed by atoms with Gasteiger partial charge >= 0.3 is 11.8 Å². The van der Waals surface area contributed by atoms with E-state index in [0.717, 1.165) is 18.4 Å². The van der Waals surface area contributed by atoms with Crippen LogP contribution in [0.2, 0.25) is 0 Å². The van der Waals surface area contributed by atoms with E-state index in [0.29, 0.717) is 12.1 Å². The van der Waals surface area contributed by atoms with Gasteiger partial charge in [-0.25, -0.2) is 4.79 Å². The SMILES string of the molecule is Cn1ncc([N+](=O)[O-])c1C1=CC(NC(=O)OC(C)(C)C)CCC1. The van der Waals surface area contributed by atoms with Gasteiger partial charge in [0.15, 0.2) is 0 Å². The number of carbonyl (C=O) groups excluding carboxylic acids is 1. The van der Waals surface area contributed by atoms with Crippen molar-refractivity contribution in [2.75, 3.05) is 0 Å². The monoisotopic (exact) mass is 322 g/mol. The molecule has 1 aliphatic carbocycles. The smallest absolute Gasteiger partial charge is 0.408 e. The molecule has 1 N–H and O–H groups in total. The molecule has 1 amide bonds. The largest absolute Gasteiger partial charge is 0.444 e. The number of alkyl carbamates (subject to hydrolysis) is 1. The third-order valence-corrected chi connectivity index (χ3v) is 3.49. The molecule has 23 heavy (non-hydrogen) atoms. The van der Waals surface area contributed by atoms with Crippen LogP contribution in [0.15, 0.2) is 12.3 Å². The fourth-order valence-corrected chi connectivity index (χ4v) is 2.62. The van der Waals surface area contributed by atoms with E-state index in [9.17, 15) is 14.9 Å². The number of nitro groups is 1. The Morgan fingerprint density at radius 2 is 2.22 bits per heavy atom. The molecule has 2 rings (SSSR count). The van der Waals surface area contributed by atoms with E-state index >= 15 is 0 Å². The highest BCUT2D eigenvalue weighted by molar-refractivity contribution is 5.73. The Hall–Kier alpha value is -2.38. The Morgan fingerprint density at radius 3 is 2.83 bits per heavy atom. The van der Waals surface area contributed by atoms with Crippen molar-refractivity contribution in [3.05, 3.63) is 28.1 Å². The van der Waals surface area contributed by atoms with E-state index in [1.165, 1.54) is 10.9 Å². The average molecular weight is 322 g/mol. The van der Waals surface area contributed by atoms with Gasteiger partial charge in [0, 0.05) is 7.05 Å². The average Bonchev–Trinajstić information content (AvgIpc) is 2.78. The number of amides is 1. The van der Waals surface area contributed by atoms with Crippen LogP contribution in [0.5, 0.6) is 0 Å². The molecule has 1 aliphatic rings. The zero-order valence-corrected chi connectivity index (χ0v) is 13.8. The first-order valence-corrected chi connectivity index (χ1v) is 7.54. The van der Waals surface area contributed by atoms with Crippen molar-refractivity contribution >= 4 is 17.4 Å². The van der Waals surface area contributed by atoms with E-state index in [2.05, 4.69) is 10.4 Å². The highest BCUT2D eigenvalue weighted by atomic mass is 16.6. The summed E-state index contributed by atoms with van der Waals surface area (Å²) in [5, 5.41) is 17.9. The van der Waals surface area contributed by atoms with Crippen LogP contribution >= 0.6 is 0 Å². The molecule has 1 aromatic heterocycles. The zero-order chi connectivity index (χ0) is 17.2. The number of ether oxygens (including phenoxy) is 1. The number of hydrogen-bond donors (Lipinski definition) is 1. The lowest BCUT2D eigenvalue weighted by Crippen LogP contribution is -2.39. The number of aromatic nitrogens is 2. The van der Waals surface area contributed by atoms with Crippen LogP contribution in [0.1, 0.15) is 45.7 Å². The zero-order valence-electron chi connectivity index (χ0n) is 13.8. The minimum atomic E-state index is -0.563. The van der Waals surface area contributed by atoms with Gasteiger partial charge in [-0.05, 0) is 45.6 Å². The summed E-state index contributed by atoms with van der Waals surface area (Å²) in [6.45, 7) is 5.40. The third-order valence-electron chi connectivity index (χ3n) is 3.49. The van der Waals surface area contributed by atoms with Gasteiger partial charge in [-0.15, -0.1) is 0 Å². The maximum Gasteiger partial charge on any atom is 0.408 e. The van der Waals surface area contributed by atoms with Crippen molar-refractivity contribution in [2.45, 2.75) is 51.7 Å². The molecule has 0 saturated carbocycles. The van der Waals surface area contributed by atoms with Gasteiger partial charge in [0.2, 0.25) is 0 Å². The number of allylic oxidation sites excluding steroid dienone is 1. The summed E-state index contributed by atoms with van der Waals surface area (Å²) in [6.07, 6.45) is 4.94. The first-order valence-electron chi connectivity index (χ1n) is 7.54. The van der Waals surface area contributed by atoms with Crippen LogP contribution in [0, 0.1) is 10.1 Å². The molecule has 0 radical (unpaired) electrons. The molecule has 8 heteroatoms. The van der Waals surface area contributed by atoms with Gasteiger partial charge < -0.3 is 10.1 Å². The highest BCUT2D eigenvalue weighted by Gasteiger charge is 2.26. The van der Waals surface area contributed by atoms with Crippen LogP contribution in [0.4, 0.5) is 10.5 Å². The second-order valence-electron chi connectivity index (χ2n) is 6.60. The van der Waals surface area contributed by atoms with E-state index in [1.807, 2.05) is 6.08 Å². The van der Waals surface area contributed by atoms with Gasteiger partial charge in [-0.3, -0.25) is 14.8 Å². The lowest BCUT2D eigenvalue weighted by Gasteiger charge is -2.25. The fraction of sp³-hybridized carbons (Fsp3) is 0.600. The van der Waals surface area contributed by atoms with Crippen LogP contribution in [0.3, 0.4) is 0 Å². The first-order chi connectivity index (χ1) is 10.7. The number of carbonyl (C=O) groups is 1. The number of nitrogens with zero attached hydrogens (tertiary/aromatic N) is 3. The molecule has 0 fully saturated rings. The Kier molecular flexibility index (Phi) is 4.72. The van der Waals surface area contributed by atoms with E-state index < -0.39 is 16.6 Å². The number of nitrogens with one attached hydrogen (secondary N) is 1. The van der Waals surface area contributed by atoms with E-state index in [1.54, 1.807) is 27.8 Å². The Balaban J connectivity index is 2.18. The number of hydrogen-bond acceptors (Lipinski definition) is 5. The number of aryl methyl sites for hydroxylation is 1. The maximum atomic E-state index is 11.9. The molecular weight excluding hydrogens is 300 g/mol.